The van der Waals surface area contributed by atoms with Gasteiger partial charge >= 0.3 is 5.56 Å². The molecule has 2 aromatic rings. The minimum Gasteiger partial charge on any atom is -0.496 e. The molecule has 19 heavy (non-hydrogen) atoms. The van der Waals surface area contributed by atoms with Crippen molar-refractivity contribution in [3.05, 3.63) is 34.6 Å². The average molecular weight is 260 g/mol. The van der Waals surface area contributed by atoms with Gasteiger partial charge in [-0.05, 0) is 12.1 Å². The topological polar surface area (TPSA) is 60.2 Å². The molecule has 0 atom stereocenters. The van der Waals surface area contributed by atoms with E-state index in [-0.39, 0.29) is 11.3 Å². The summed E-state index contributed by atoms with van der Waals surface area (Å²) in [5, 5.41) is 4.29. The summed E-state index contributed by atoms with van der Waals surface area (Å²) in [4.78, 5) is 17.9. The van der Waals surface area contributed by atoms with Gasteiger partial charge in [-0.25, -0.2) is 4.68 Å². The molecule has 0 aliphatic heterocycles. The van der Waals surface area contributed by atoms with E-state index >= 15 is 0 Å². The number of hydrogen-bond acceptors (Lipinski definition) is 5. The summed E-state index contributed by atoms with van der Waals surface area (Å²) in [5.74, 6) is 1.11. The van der Waals surface area contributed by atoms with Crippen LogP contribution < -0.4 is 15.2 Å². The fraction of sp³-hybridized carbons (Fsp3) is 0.308. The highest BCUT2D eigenvalue weighted by molar-refractivity contribution is 5.66. The van der Waals surface area contributed by atoms with Crippen LogP contribution >= 0.6 is 0 Å². The van der Waals surface area contributed by atoms with Crippen molar-refractivity contribution in [1.29, 1.82) is 0 Å². The zero-order valence-electron chi connectivity index (χ0n) is 11.4. The number of anilines is 1. The van der Waals surface area contributed by atoms with Gasteiger partial charge in [0.2, 0.25) is 5.95 Å². The van der Waals surface area contributed by atoms with Crippen molar-refractivity contribution in [2.24, 2.45) is 7.05 Å². The largest absolute Gasteiger partial charge is 0.496 e. The summed E-state index contributed by atoms with van der Waals surface area (Å²) in [5.41, 5.74) is 0.556. The fourth-order valence-electron chi connectivity index (χ4n) is 1.85. The third kappa shape index (κ3) is 2.42. The maximum atomic E-state index is 12.1. The number of nitrogens with zero attached hydrogens (tertiary/aromatic N) is 4. The SMILES string of the molecule is COc1ccccc1-c1nn(C)c(N(C)C)nc1=O. The van der Waals surface area contributed by atoms with E-state index in [9.17, 15) is 4.79 Å². The van der Waals surface area contributed by atoms with E-state index in [1.165, 1.54) is 0 Å². The van der Waals surface area contributed by atoms with Crippen LogP contribution in [0.1, 0.15) is 0 Å². The molecule has 2 rings (SSSR count). The van der Waals surface area contributed by atoms with Gasteiger partial charge in [-0.15, -0.1) is 0 Å². The van der Waals surface area contributed by atoms with Gasteiger partial charge in [0, 0.05) is 26.7 Å². The molecule has 1 aromatic heterocycles. The summed E-state index contributed by atoms with van der Waals surface area (Å²) in [6.07, 6.45) is 0. The lowest BCUT2D eigenvalue weighted by Crippen LogP contribution is -2.25. The lowest BCUT2D eigenvalue weighted by atomic mass is 10.1. The number of aromatic nitrogens is 3. The third-order valence-electron chi connectivity index (χ3n) is 2.71. The van der Waals surface area contributed by atoms with Crippen LogP contribution in [0.15, 0.2) is 29.1 Å². The van der Waals surface area contributed by atoms with Crippen LogP contribution in [0.4, 0.5) is 5.95 Å². The van der Waals surface area contributed by atoms with Crippen molar-refractivity contribution in [3.63, 3.8) is 0 Å². The van der Waals surface area contributed by atoms with Crippen LogP contribution in [-0.2, 0) is 7.05 Å². The molecule has 1 aromatic carbocycles. The first-order valence-corrected chi connectivity index (χ1v) is 5.80. The number of rotatable bonds is 3. The number of para-hydroxylation sites is 1. The van der Waals surface area contributed by atoms with Crippen molar-refractivity contribution >= 4 is 5.95 Å². The predicted octanol–water partition coefficient (Wildman–Crippen LogP) is 0.917. The molecule has 0 bridgehead atoms. The first kappa shape index (κ1) is 13.1. The van der Waals surface area contributed by atoms with E-state index in [1.54, 1.807) is 35.9 Å². The molecule has 0 saturated carbocycles. The summed E-state index contributed by atoms with van der Waals surface area (Å²) in [6.45, 7) is 0. The fourth-order valence-corrected chi connectivity index (χ4v) is 1.85. The highest BCUT2D eigenvalue weighted by Gasteiger charge is 2.14. The lowest BCUT2D eigenvalue weighted by Gasteiger charge is -2.15. The van der Waals surface area contributed by atoms with E-state index < -0.39 is 0 Å². The van der Waals surface area contributed by atoms with Crippen LogP contribution in [0.3, 0.4) is 0 Å². The van der Waals surface area contributed by atoms with Crippen molar-refractivity contribution in [3.8, 4) is 17.0 Å². The maximum Gasteiger partial charge on any atom is 0.301 e. The predicted molar refractivity (Wildman–Crippen MR) is 73.6 cm³/mol. The number of hydrogen-bond donors (Lipinski definition) is 0. The smallest absolute Gasteiger partial charge is 0.301 e. The minimum atomic E-state index is -0.369. The van der Waals surface area contributed by atoms with E-state index in [0.717, 1.165) is 0 Å². The second-order valence-electron chi connectivity index (χ2n) is 4.28. The van der Waals surface area contributed by atoms with Gasteiger partial charge < -0.3 is 9.64 Å². The molecule has 0 amide bonds. The Hall–Kier alpha value is -2.37. The lowest BCUT2D eigenvalue weighted by molar-refractivity contribution is 0.416. The molecule has 0 spiro atoms. The molecular weight excluding hydrogens is 244 g/mol. The third-order valence-corrected chi connectivity index (χ3v) is 2.71. The van der Waals surface area contributed by atoms with Gasteiger partial charge in [0.25, 0.3) is 0 Å². The summed E-state index contributed by atoms with van der Waals surface area (Å²) in [6, 6.07) is 7.25. The Kier molecular flexibility index (Phi) is 3.50. The van der Waals surface area contributed by atoms with Gasteiger partial charge in [0.15, 0.2) is 5.69 Å². The summed E-state index contributed by atoms with van der Waals surface area (Å²) < 4.78 is 6.82. The van der Waals surface area contributed by atoms with Crippen LogP contribution in [0, 0.1) is 0 Å². The Morgan fingerprint density at radius 2 is 1.95 bits per heavy atom. The van der Waals surface area contributed by atoms with Gasteiger partial charge in [-0.2, -0.15) is 10.1 Å². The second kappa shape index (κ2) is 5.09. The molecule has 0 aliphatic rings. The molecule has 0 N–H and O–H groups in total. The zero-order valence-corrected chi connectivity index (χ0v) is 11.4. The first-order valence-electron chi connectivity index (χ1n) is 5.80. The molecule has 1 heterocycles. The molecule has 0 fully saturated rings. The Bertz CT molecular complexity index is 649. The Morgan fingerprint density at radius 1 is 1.26 bits per heavy atom. The van der Waals surface area contributed by atoms with Gasteiger partial charge in [0.05, 0.1) is 7.11 Å². The van der Waals surface area contributed by atoms with Crippen molar-refractivity contribution in [2.45, 2.75) is 0 Å². The van der Waals surface area contributed by atoms with Crippen LogP contribution in [-0.4, -0.2) is 36.0 Å². The van der Waals surface area contributed by atoms with Crippen LogP contribution in [0.2, 0.25) is 0 Å². The highest BCUT2D eigenvalue weighted by Crippen LogP contribution is 2.25. The first-order chi connectivity index (χ1) is 9.04. The van der Waals surface area contributed by atoms with E-state index in [2.05, 4.69) is 10.1 Å². The molecule has 6 heteroatoms. The molecule has 0 radical (unpaired) electrons. The molecule has 6 nitrogen and oxygen atoms in total. The standard InChI is InChI=1S/C13H16N4O2/c1-16(2)13-14-12(18)11(15-17(13)3)9-7-5-6-8-10(9)19-4/h5-8H,1-4H3. The van der Waals surface area contributed by atoms with Crippen molar-refractivity contribution in [2.75, 3.05) is 26.1 Å². The van der Waals surface area contributed by atoms with Gasteiger partial charge in [-0.3, -0.25) is 4.79 Å². The van der Waals surface area contributed by atoms with E-state index in [1.807, 2.05) is 26.2 Å². The number of benzene rings is 1. The number of methoxy groups -OCH3 is 1. The summed E-state index contributed by atoms with van der Waals surface area (Å²) in [7, 11) is 6.93. The van der Waals surface area contributed by atoms with Crippen molar-refractivity contribution in [1.82, 2.24) is 14.8 Å². The van der Waals surface area contributed by atoms with Crippen molar-refractivity contribution < 1.29 is 4.74 Å². The summed E-state index contributed by atoms with van der Waals surface area (Å²) >= 11 is 0. The molecule has 100 valence electrons. The van der Waals surface area contributed by atoms with E-state index in [0.29, 0.717) is 17.3 Å². The van der Waals surface area contributed by atoms with Crippen LogP contribution in [0.5, 0.6) is 5.75 Å². The average Bonchev–Trinajstić information content (AvgIpc) is 2.40. The second-order valence-corrected chi connectivity index (χ2v) is 4.28. The van der Waals surface area contributed by atoms with E-state index in [4.69, 9.17) is 4.74 Å². The quantitative estimate of drug-likeness (QED) is 0.821. The zero-order chi connectivity index (χ0) is 14.0. The molecule has 0 aliphatic carbocycles. The van der Waals surface area contributed by atoms with Gasteiger partial charge in [-0.1, -0.05) is 12.1 Å². The molecular formula is C13H16N4O2. The molecule has 0 unspecified atom stereocenters. The minimum absolute atomic E-state index is 0.283. The maximum absolute atomic E-state index is 12.1. The van der Waals surface area contributed by atoms with Crippen LogP contribution in [0.25, 0.3) is 11.3 Å². The number of aryl methyl sites for hydroxylation is 1. The number of ether oxygens (including phenoxy) is 1. The molecule has 0 saturated heterocycles. The Balaban J connectivity index is 2.64. The Labute approximate surface area is 111 Å². The monoisotopic (exact) mass is 260 g/mol. The highest BCUT2D eigenvalue weighted by atomic mass is 16.5. The Morgan fingerprint density at radius 3 is 2.58 bits per heavy atom. The normalized spacial score (nSPS) is 10.3. The van der Waals surface area contributed by atoms with Gasteiger partial charge in [0.1, 0.15) is 5.75 Å².